The SMILES string of the molecule is Cc1ccccc1NC(=O)N1CC(F)(F)C[C@H]1CN1CCCCC1. The van der Waals surface area contributed by atoms with Gasteiger partial charge in [0.15, 0.2) is 0 Å². The van der Waals surface area contributed by atoms with Crippen molar-refractivity contribution in [3.8, 4) is 0 Å². The largest absolute Gasteiger partial charge is 0.322 e. The summed E-state index contributed by atoms with van der Waals surface area (Å²) in [4.78, 5) is 16.1. The molecule has 1 N–H and O–H groups in total. The maximum absolute atomic E-state index is 13.9. The van der Waals surface area contributed by atoms with Gasteiger partial charge in [0.2, 0.25) is 0 Å². The summed E-state index contributed by atoms with van der Waals surface area (Å²) in [5.41, 5.74) is 1.60. The van der Waals surface area contributed by atoms with E-state index >= 15 is 0 Å². The second-order valence-electron chi connectivity index (χ2n) is 6.95. The summed E-state index contributed by atoms with van der Waals surface area (Å²) in [5, 5.41) is 2.79. The lowest BCUT2D eigenvalue weighted by atomic mass is 10.1. The molecular formula is C18H25F2N3O. The molecule has 2 saturated heterocycles. The first-order chi connectivity index (χ1) is 11.4. The van der Waals surface area contributed by atoms with Crippen LogP contribution in [0.25, 0.3) is 0 Å². The number of hydrogen-bond acceptors (Lipinski definition) is 2. The molecule has 1 atom stereocenters. The summed E-state index contributed by atoms with van der Waals surface area (Å²) in [5.74, 6) is -2.80. The second kappa shape index (κ2) is 7.05. The third-order valence-corrected chi connectivity index (χ3v) is 4.94. The highest BCUT2D eigenvalue weighted by molar-refractivity contribution is 5.90. The number of anilines is 1. The molecule has 2 amide bonds. The number of benzene rings is 1. The minimum absolute atomic E-state index is 0.245. The van der Waals surface area contributed by atoms with Crippen LogP contribution in [-0.2, 0) is 0 Å². The fraction of sp³-hybridized carbons (Fsp3) is 0.611. The van der Waals surface area contributed by atoms with E-state index < -0.39 is 24.5 Å². The quantitative estimate of drug-likeness (QED) is 0.912. The molecule has 0 radical (unpaired) electrons. The Bertz CT molecular complexity index is 587. The Labute approximate surface area is 141 Å². The van der Waals surface area contributed by atoms with Crippen LogP contribution in [0.15, 0.2) is 24.3 Å². The fourth-order valence-electron chi connectivity index (χ4n) is 3.64. The van der Waals surface area contributed by atoms with E-state index in [1.54, 1.807) is 6.07 Å². The highest BCUT2D eigenvalue weighted by Crippen LogP contribution is 2.33. The van der Waals surface area contributed by atoms with Gasteiger partial charge in [-0.15, -0.1) is 0 Å². The number of aryl methyl sites for hydroxylation is 1. The maximum Gasteiger partial charge on any atom is 0.322 e. The average Bonchev–Trinajstić information content (AvgIpc) is 2.85. The van der Waals surface area contributed by atoms with Crippen LogP contribution >= 0.6 is 0 Å². The van der Waals surface area contributed by atoms with Crippen LogP contribution in [0.1, 0.15) is 31.2 Å². The minimum Gasteiger partial charge on any atom is -0.314 e. The number of halogens is 2. The number of nitrogens with one attached hydrogen (secondary N) is 1. The Hall–Kier alpha value is -1.69. The molecule has 2 heterocycles. The van der Waals surface area contributed by atoms with Gasteiger partial charge in [-0.05, 0) is 44.5 Å². The van der Waals surface area contributed by atoms with E-state index in [0.29, 0.717) is 12.2 Å². The fourth-order valence-corrected chi connectivity index (χ4v) is 3.64. The van der Waals surface area contributed by atoms with Crippen molar-refractivity contribution in [2.45, 2.75) is 44.6 Å². The van der Waals surface area contributed by atoms with Crippen molar-refractivity contribution < 1.29 is 13.6 Å². The van der Waals surface area contributed by atoms with Gasteiger partial charge in [-0.25, -0.2) is 13.6 Å². The Kier molecular flexibility index (Phi) is 5.04. The highest BCUT2D eigenvalue weighted by Gasteiger charge is 2.47. The molecule has 0 bridgehead atoms. The molecule has 2 fully saturated rings. The number of rotatable bonds is 3. The molecule has 0 aromatic heterocycles. The van der Waals surface area contributed by atoms with E-state index in [9.17, 15) is 13.6 Å². The van der Waals surface area contributed by atoms with E-state index in [4.69, 9.17) is 0 Å². The third kappa shape index (κ3) is 4.04. The Morgan fingerprint density at radius 1 is 1.25 bits per heavy atom. The molecule has 2 aliphatic heterocycles. The van der Waals surface area contributed by atoms with Crippen molar-refractivity contribution >= 4 is 11.7 Å². The number of carbonyl (C=O) groups excluding carboxylic acids is 1. The summed E-state index contributed by atoms with van der Waals surface area (Å²) in [6.07, 6.45) is 3.18. The second-order valence-corrected chi connectivity index (χ2v) is 6.95. The van der Waals surface area contributed by atoms with Crippen molar-refractivity contribution in [2.24, 2.45) is 0 Å². The van der Waals surface area contributed by atoms with Gasteiger partial charge in [0.1, 0.15) is 0 Å². The standard InChI is InChI=1S/C18H25F2N3O/c1-14-7-3-4-8-16(14)21-17(24)23-13-18(19,20)11-15(23)12-22-9-5-2-6-10-22/h3-4,7-8,15H,2,5-6,9-13H2,1H3,(H,21,24)/t15-/m0/s1. The van der Waals surface area contributed by atoms with Crippen LogP contribution in [0.3, 0.4) is 0 Å². The number of alkyl halides is 2. The van der Waals surface area contributed by atoms with Crippen molar-refractivity contribution in [3.63, 3.8) is 0 Å². The predicted octanol–water partition coefficient (Wildman–Crippen LogP) is 3.72. The number of para-hydroxylation sites is 1. The molecule has 2 aliphatic rings. The highest BCUT2D eigenvalue weighted by atomic mass is 19.3. The zero-order valence-corrected chi connectivity index (χ0v) is 14.1. The average molecular weight is 337 g/mol. The Balaban J connectivity index is 1.68. The number of nitrogens with zero attached hydrogens (tertiary/aromatic N) is 2. The molecule has 1 aromatic carbocycles. The number of amides is 2. The summed E-state index contributed by atoms with van der Waals surface area (Å²) in [6, 6.07) is 6.53. The molecule has 1 aromatic rings. The lowest BCUT2D eigenvalue weighted by Crippen LogP contribution is -2.46. The van der Waals surface area contributed by atoms with Gasteiger partial charge in [0.25, 0.3) is 5.92 Å². The molecule has 0 aliphatic carbocycles. The molecule has 3 rings (SSSR count). The van der Waals surface area contributed by atoms with Crippen LogP contribution < -0.4 is 5.32 Å². The van der Waals surface area contributed by atoms with Crippen LogP contribution in [0.4, 0.5) is 19.3 Å². The van der Waals surface area contributed by atoms with E-state index in [-0.39, 0.29) is 6.42 Å². The van der Waals surface area contributed by atoms with Gasteiger partial charge in [-0.2, -0.15) is 0 Å². The van der Waals surface area contributed by atoms with Gasteiger partial charge in [-0.1, -0.05) is 24.6 Å². The number of likely N-dealkylation sites (tertiary alicyclic amines) is 2. The summed E-state index contributed by atoms with van der Waals surface area (Å²) < 4.78 is 27.9. The zero-order valence-electron chi connectivity index (χ0n) is 14.1. The van der Waals surface area contributed by atoms with Gasteiger partial charge in [0.05, 0.1) is 12.6 Å². The van der Waals surface area contributed by atoms with E-state index in [0.717, 1.165) is 31.5 Å². The van der Waals surface area contributed by atoms with Crippen molar-refractivity contribution in [1.82, 2.24) is 9.80 Å². The van der Waals surface area contributed by atoms with Crippen molar-refractivity contribution in [2.75, 3.05) is 31.5 Å². The molecule has 0 spiro atoms. The molecule has 0 saturated carbocycles. The number of urea groups is 1. The first-order valence-corrected chi connectivity index (χ1v) is 8.68. The first kappa shape index (κ1) is 17.1. The smallest absolute Gasteiger partial charge is 0.314 e. The molecular weight excluding hydrogens is 312 g/mol. The van der Waals surface area contributed by atoms with Crippen LogP contribution in [0.5, 0.6) is 0 Å². The van der Waals surface area contributed by atoms with Gasteiger partial charge >= 0.3 is 6.03 Å². The molecule has 6 heteroatoms. The summed E-state index contributed by atoms with van der Waals surface area (Å²) in [7, 11) is 0. The monoisotopic (exact) mass is 337 g/mol. The third-order valence-electron chi connectivity index (χ3n) is 4.94. The minimum atomic E-state index is -2.80. The number of hydrogen-bond donors (Lipinski definition) is 1. The predicted molar refractivity (Wildman–Crippen MR) is 90.5 cm³/mol. The molecule has 0 unspecified atom stereocenters. The van der Waals surface area contributed by atoms with E-state index in [1.165, 1.54) is 11.3 Å². The Morgan fingerprint density at radius 3 is 2.67 bits per heavy atom. The van der Waals surface area contributed by atoms with Crippen molar-refractivity contribution in [3.05, 3.63) is 29.8 Å². The van der Waals surface area contributed by atoms with E-state index in [2.05, 4.69) is 10.2 Å². The van der Waals surface area contributed by atoms with Crippen LogP contribution in [0, 0.1) is 6.92 Å². The lowest BCUT2D eigenvalue weighted by molar-refractivity contribution is 0.0147. The first-order valence-electron chi connectivity index (χ1n) is 8.68. The Morgan fingerprint density at radius 2 is 1.96 bits per heavy atom. The van der Waals surface area contributed by atoms with Gasteiger partial charge in [-0.3, -0.25) is 0 Å². The van der Waals surface area contributed by atoms with Gasteiger partial charge < -0.3 is 15.1 Å². The summed E-state index contributed by atoms with van der Waals surface area (Å²) >= 11 is 0. The normalized spacial score (nSPS) is 24.1. The lowest BCUT2D eigenvalue weighted by Gasteiger charge is -2.32. The van der Waals surface area contributed by atoms with Crippen LogP contribution in [-0.4, -0.2) is 54.0 Å². The number of piperidine rings is 1. The topological polar surface area (TPSA) is 35.6 Å². The van der Waals surface area contributed by atoms with E-state index in [1.807, 2.05) is 25.1 Å². The zero-order chi connectivity index (χ0) is 17.2. The maximum atomic E-state index is 13.9. The summed E-state index contributed by atoms with van der Waals surface area (Å²) in [6.45, 7) is 3.81. The number of carbonyl (C=O) groups is 1. The van der Waals surface area contributed by atoms with Gasteiger partial charge in [0, 0.05) is 18.7 Å². The molecule has 4 nitrogen and oxygen atoms in total. The molecule has 132 valence electrons. The van der Waals surface area contributed by atoms with Crippen LogP contribution in [0.2, 0.25) is 0 Å². The molecule has 24 heavy (non-hydrogen) atoms. The van der Waals surface area contributed by atoms with Crippen molar-refractivity contribution in [1.29, 1.82) is 0 Å².